The summed E-state index contributed by atoms with van der Waals surface area (Å²) in [5.74, 6) is -1.04. The van der Waals surface area contributed by atoms with E-state index in [1.165, 1.54) is 0 Å². The van der Waals surface area contributed by atoms with E-state index in [4.69, 9.17) is 5.11 Å². The third-order valence-electron chi connectivity index (χ3n) is 3.84. The number of carboxylic acid groups (broad SMARTS) is 1. The molecule has 6 nitrogen and oxygen atoms in total. The minimum Gasteiger partial charge on any atom is -0.481 e. The van der Waals surface area contributed by atoms with Crippen LogP contribution in [0.1, 0.15) is 45.2 Å². The molecule has 0 saturated heterocycles. The molecule has 0 aliphatic carbocycles. The molecule has 6 heteroatoms. The van der Waals surface area contributed by atoms with E-state index in [0.29, 0.717) is 0 Å². The number of hydrogen-bond donors (Lipinski definition) is 2. The van der Waals surface area contributed by atoms with E-state index in [9.17, 15) is 9.59 Å². The van der Waals surface area contributed by atoms with E-state index in [2.05, 4.69) is 10.3 Å². The summed E-state index contributed by atoms with van der Waals surface area (Å²) >= 11 is 0. The Kier molecular flexibility index (Phi) is 5.39. The van der Waals surface area contributed by atoms with Gasteiger partial charge in [0.25, 0.3) is 0 Å². The van der Waals surface area contributed by atoms with Gasteiger partial charge >= 0.3 is 5.97 Å². The number of benzene rings is 1. The summed E-state index contributed by atoms with van der Waals surface area (Å²) in [6.07, 6.45) is 5.45. The second kappa shape index (κ2) is 7.29. The average Bonchev–Trinajstić information content (AvgIpc) is 2.99. The van der Waals surface area contributed by atoms with Crippen molar-refractivity contribution >= 4 is 11.9 Å². The zero-order chi connectivity index (χ0) is 17.7. The average molecular weight is 329 g/mol. The maximum absolute atomic E-state index is 12.2. The van der Waals surface area contributed by atoms with Crippen molar-refractivity contribution in [3.05, 3.63) is 48.5 Å². The Labute approximate surface area is 141 Å². The third kappa shape index (κ3) is 4.94. The number of aliphatic carboxylic acids is 1. The van der Waals surface area contributed by atoms with Crippen LogP contribution in [-0.2, 0) is 9.59 Å². The largest absolute Gasteiger partial charge is 0.481 e. The molecule has 0 bridgehead atoms. The van der Waals surface area contributed by atoms with Crippen LogP contribution in [0.2, 0.25) is 0 Å². The molecule has 2 N–H and O–H groups in total. The van der Waals surface area contributed by atoms with Gasteiger partial charge in [0, 0.05) is 24.5 Å². The Morgan fingerprint density at radius 3 is 2.46 bits per heavy atom. The first-order valence-electron chi connectivity index (χ1n) is 7.86. The van der Waals surface area contributed by atoms with Crippen molar-refractivity contribution in [3.63, 3.8) is 0 Å². The van der Waals surface area contributed by atoms with Gasteiger partial charge in [-0.1, -0.05) is 26.0 Å². The van der Waals surface area contributed by atoms with Gasteiger partial charge in [-0.25, -0.2) is 4.98 Å². The van der Waals surface area contributed by atoms with Crippen molar-refractivity contribution < 1.29 is 14.7 Å². The van der Waals surface area contributed by atoms with Gasteiger partial charge in [0.1, 0.15) is 0 Å². The quantitative estimate of drug-likeness (QED) is 0.818. The standard InChI is InChI=1S/C18H23N3O3/c1-13(20-16(22)10-18(2,3)11-17(23)24)14-4-6-15(7-5-14)21-9-8-19-12-21/h4-9,12-13H,10-11H2,1-3H3,(H,20,22)(H,23,24). The second-order valence-corrected chi connectivity index (χ2v) is 6.76. The van der Waals surface area contributed by atoms with Gasteiger partial charge in [0.2, 0.25) is 5.91 Å². The number of aromatic nitrogens is 2. The summed E-state index contributed by atoms with van der Waals surface area (Å²) in [5, 5.41) is 11.8. The Morgan fingerprint density at radius 1 is 1.25 bits per heavy atom. The lowest BCUT2D eigenvalue weighted by Gasteiger charge is -2.23. The summed E-state index contributed by atoms with van der Waals surface area (Å²) < 4.78 is 1.90. The highest BCUT2D eigenvalue weighted by Gasteiger charge is 2.25. The number of nitrogens with one attached hydrogen (secondary N) is 1. The fourth-order valence-electron chi connectivity index (χ4n) is 2.63. The highest BCUT2D eigenvalue weighted by atomic mass is 16.4. The van der Waals surface area contributed by atoms with E-state index in [1.54, 1.807) is 26.4 Å². The molecule has 24 heavy (non-hydrogen) atoms. The Morgan fingerprint density at radius 2 is 1.92 bits per heavy atom. The number of carboxylic acids is 1. The SMILES string of the molecule is CC(NC(=O)CC(C)(C)CC(=O)O)c1ccc(-n2ccnc2)cc1. The highest BCUT2D eigenvalue weighted by molar-refractivity contribution is 5.78. The maximum atomic E-state index is 12.2. The number of carbonyl (C=O) groups excluding carboxylic acids is 1. The molecule has 1 aromatic carbocycles. The number of nitrogens with zero attached hydrogens (tertiary/aromatic N) is 2. The van der Waals surface area contributed by atoms with Crippen molar-refractivity contribution in [2.45, 2.75) is 39.7 Å². The molecule has 1 atom stereocenters. The van der Waals surface area contributed by atoms with E-state index in [0.717, 1.165) is 11.3 Å². The second-order valence-electron chi connectivity index (χ2n) is 6.76. The molecule has 0 aliphatic rings. The number of rotatable bonds is 7. The maximum Gasteiger partial charge on any atom is 0.303 e. The Bertz CT molecular complexity index is 691. The summed E-state index contributed by atoms with van der Waals surface area (Å²) in [7, 11) is 0. The lowest BCUT2D eigenvalue weighted by Crippen LogP contribution is -2.31. The zero-order valence-electron chi connectivity index (χ0n) is 14.2. The van der Waals surface area contributed by atoms with E-state index in [-0.39, 0.29) is 24.8 Å². The van der Waals surface area contributed by atoms with Crippen LogP contribution in [0, 0.1) is 5.41 Å². The van der Waals surface area contributed by atoms with Gasteiger partial charge < -0.3 is 15.0 Å². The molecular weight excluding hydrogens is 306 g/mol. The number of imidazole rings is 1. The Balaban J connectivity index is 1.95. The molecule has 0 fully saturated rings. The van der Waals surface area contributed by atoms with Gasteiger partial charge in [0.15, 0.2) is 0 Å². The molecule has 1 amide bonds. The van der Waals surface area contributed by atoms with Crippen LogP contribution in [0.15, 0.2) is 43.0 Å². The van der Waals surface area contributed by atoms with Gasteiger partial charge in [-0.15, -0.1) is 0 Å². The minimum absolute atomic E-state index is 0.0333. The van der Waals surface area contributed by atoms with Gasteiger partial charge in [-0.3, -0.25) is 9.59 Å². The number of carbonyl (C=O) groups is 2. The van der Waals surface area contributed by atoms with E-state index < -0.39 is 11.4 Å². The van der Waals surface area contributed by atoms with Crippen LogP contribution >= 0.6 is 0 Å². The first-order valence-corrected chi connectivity index (χ1v) is 7.86. The molecule has 128 valence electrons. The monoisotopic (exact) mass is 329 g/mol. The van der Waals surface area contributed by atoms with Crippen molar-refractivity contribution in [1.29, 1.82) is 0 Å². The van der Waals surface area contributed by atoms with Crippen molar-refractivity contribution in [2.75, 3.05) is 0 Å². The van der Waals surface area contributed by atoms with Gasteiger partial charge in [-0.2, -0.15) is 0 Å². The van der Waals surface area contributed by atoms with Crippen LogP contribution in [0.4, 0.5) is 0 Å². The normalized spacial score (nSPS) is 12.6. The first-order chi connectivity index (χ1) is 11.3. The lowest BCUT2D eigenvalue weighted by atomic mass is 9.85. The summed E-state index contributed by atoms with van der Waals surface area (Å²) in [4.78, 5) is 27.0. The lowest BCUT2D eigenvalue weighted by molar-refractivity contribution is -0.139. The third-order valence-corrected chi connectivity index (χ3v) is 3.84. The summed E-state index contributed by atoms with van der Waals surface area (Å²) in [6, 6.07) is 7.71. The molecule has 1 aromatic heterocycles. The van der Waals surface area contributed by atoms with Crippen LogP contribution in [0.25, 0.3) is 5.69 Å². The molecule has 2 aromatic rings. The van der Waals surface area contributed by atoms with E-state index >= 15 is 0 Å². The van der Waals surface area contributed by atoms with Crippen LogP contribution in [0.5, 0.6) is 0 Å². The molecule has 2 rings (SSSR count). The molecule has 1 unspecified atom stereocenters. The number of amides is 1. The van der Waals surface area contributed by atoms with E-state index in [1.807, 2.05) is 42.0 Å². The molecule has 0 aliphatic heterocycles. The van der Waals surface area contributed by atoms with Crippen LogP contribution < -0.4 is 5.32 Å². The zero-order valence-corrected chi connectivity index (χ0v) is 14.2. The first kappa shape index (κ1) is 17.7. The smallest absolute Gasteiger partial charge is 0.303 e. The van der Waals surface area contributed by atoms with Crippen LogP contribution in [-0.4, -0.2) is 26.5 Å². The topological polar surface area (TPSA) is 84.2 Å². The summed E-state index contributed by atoms with van der Waals surface area (Å²) in [5.41, 5.74) is 1.42. The molecular formula is C18H23N3O3. The van der Waals surface area contributed by atoms with Crippen LogP contribution in [0.3, 0.4) is 0 Å². The fourth-order valence-corrected chi connectivity index (χ4v) is 2.63. The fraction of sp³-hybridized carbons (Fsp3) is 0.389. The molecule has 0 saturated carbocycles. The van der Waals surface area contributed by atoms with Crippen molar-refractivity contribution in [2.24, 2.45) is 5.41 Å². The van der Waals surface area contributed by atoms with Gasteiger partial charge in [-0.05, 0) is 30.0 Å². The molecule has 0 spiro atoms. The molecule has 0 radical (unpaired) electrons. The molecule has 1 heterocycles. The summed E-state index contributed by atoms with van der Waals surface area (Å²) in [6.45, 7) is 5.48. The predicted molar refractivity (Wildman–Crippen MR) is 90.8 cm³/mol. The predicted octanol–water partition coefficient (Wildman–Crippen LogP) is 2.94. The van der Waals surface area contributed by atoms with Crippen molar-refractivity contribution in [3.8, 4) is 5.69 Å². The minimum atomic E-state index is -0.893. The Hall–Kier alpha value is -2.63. The van der Waals surface area contributed by atoms with Gasteiger partial charge in [0.05, 0.1) is 18.8 Å². The number of hydrogen-bond acceptors (Lipinski definition) is 3. The van der Waals surface area contributed by atoms with Crippen molar-refractivity contribution in [1.82, 2.24) is 14.9 Å². The highest BCUT2D eigenvalue weighted by Crippen LogP contribution is 2.25.